The number of nitrogens with zero attached hydrogens (tertiary/aromatic N) is 1. The van der Waals surface area contributed by atoms with Crippen LogP contribution in [0.15, 0.2) is 48.5 Å². The van der Waals surface area contributed by atoms with Crippen molar-refractivity contribution in [3.8, 4) is 0 Å². The molecule has 1 aliphatic heterocycles. The summed E-state index contributed by atoms with van der Waals surface area (Å²) in [7, 11) is 0. The maximum Gasteiger partial charge on any atom is 0.111 e. The van der Waals surface area contributed by atoms with E-state index in [9.17, 15) is 5.11 Å². The van der Waals surface area contributed by atoms with Gasteiger partial charge in [0.05, 0.1) is 17.1 Å². The van der Waals surface area contributed by atoms with Gasteiger partial charge in [-0.1, -0.05) is 36.4 Å². The molecule has 1 atom stereocenters. The Morgan fingerprint density at radius 3 is 2.73 bits per heavy atom. The number of piperidine rings is 1. The monoisotopic (exact) mass is 350 g/mol. The van der Waals surface area contributed by atoms with E-state index in [0.717, 1.165) is 54.8 Å². The molecule has 0 spiro atoms. The van der Waals surface area contributed by atoms with Crippen molar-refractivity contribution in [3.05, 3.63) is 65.5 Å². The summed E-state index contributed by atoms with van der Waals surface area (Å²) in [6, 6.07) is 16.8. The third-order valence-electron chi connectivity index (χ3n) is 5.09. The molecule has 5 heteroatoms. The molecule has 4 N–H and O–H groups in total. The molecular weight excluding hydrogens is 324 g/mol. The number of aromatic nitrogens is 2. The number of aromatic amines is 1. The number of rotatable bonds is 6. The molecule has 136 valence electrons. The summed E-state index contributed by atoms with van der Waals surface area (Å²) in [5.74, 6) is 0.950. The van der Waals surface area contributed by atoms with E-state index in [4.69, 9.17) is 0 Å². The third-order valence-corrected chi connectivity index (χ3v) is 5.09. The van der Waals surface area contributed by atoms with Crippen LogP contribution in [0.5, 0.6) is 0 Å². The fraction of sp³-hybridized carbons (Fsp3) is 0.381. The van der Waals surface area contributed by atoms with Gasteiger partial charge in [-0.05, 0) is 49.2 Å². The van der Waals surface area contributed by atoms with Gasteiger partial charge in [-0.3, -0.25) is 0 Å². The maximum atomic E-state index is 10.5. The number of hydrogen-bond donors (Lipinski definition) is 4. The fourth-order valence-electron chi connectivity index (χ4n) is 3.58. The van der Waals surface area contributed by atoms with Gasteiger partial charge in [-0.15, -0.1) is 0 Å². The third kappa shape index (κ3) is 4.12. The molecule has 26 heavy (non-hydrogen) atoms. The van der Waals surface area contributed by atoms with Crippen molar-refractivity contribution in [1.29, 1.82) is 0 Å². The summed E-state index contributed by atoms with van der Waals surface area (Å²) in [4.78, 5) is 8.06. The Balaban J connectivity index is 1.43. The molecule has 1 saturated heterocycles. The van der Waals surface area contributed by atoms with Crippen LogP contribution in [-0.2, 0) is 6.42 Å². The van der Waals surface area contributed by atoms with Crippen molar-refractivity contribution in [2.75, 3.05) is 19.6 Å². The highest BCUT2D eigenvalue weighted by atomic mass is 16.3. The van der Waals surface area contributed by atoms with Gasteiger partial charge in [0.2, 0.25) is 0 Å². The molecule has 0 bridgehead atoms. The normalized spacial score (nSPS) is 16.8. The van der Waals surface area contributed by atoms with E-state index in [1.54, 1.807) is 0 Å². The zero-order valence-electron chi connectivity index (χ0n) is 14.9. The van der Waals surface area contributed by atoms with Gasteiger partial charge in [-0.2, -0.15) is 0 Å². The van der Waals surface area contributed by atoms with Gasteiger partial charge in [0.1, 0.15) is 5.82 Å². The van der Waals surface area contributed by atoms with Crippen LogP contribution < -0.4 is 10.6 Å². The minimum Gasteiger partial charge on any atom is -0.387 e. The highest BCUT2D eigenvalue weighted by Gasteiger charge is 2.15. The van der Waals surface area contributed by atoms with Gasteiger partial charge < -0.3 is 20.7 Å². The Kier molecular flexibility index (Phi) is 5.29. The SMILES string of the molecule is OC(CNC1CCNCC1)c1ccc2nc(Cc3ccccc3)[nH]c2c1. The molecule has 0 saturated carbocycles. The van der Waals surface area contributed by atoms with Crippen LogP contribution in [0.3, 0.4) is 0 Å². The Morgan fingerprint density at radius 1 is 1.12 bits per heavy atom. The molecule has 3 aromatic rings. The Morgan fingerprint density at radius 2 is 1.92 bits per heavy atom. The van der Waals surface area contributed by atoms with E-state index < -0.39 is 6.10 Å². The first kappa shape index (κ1) is 17.2. The van der Waals surface area contributed by atoms with Crippen molar-refractivity contribution in [2.45, 2.75) is 31.4 Å². The second-order valence-electron chi connectivity index (χ2n) is 7.07. The number of H-pyrrole nitrogens is 1. The Hall–Kier alpha value is -2.21. The average molecular weight is 350 g/mol. The molecule has 2 aromatic carbocycles. The standard InChI is InChI=1S/C21H26N4O/c26-20(14-23-17-8-10-22-11-9-17)16-6-7-18-19(13-16)25-21(24-18)12-15-4-2-1-3-5-15/h1-7,13,17,20,22-23,26H,8-12,14H2,(H,24,25). The van der Waals surface area contributed by atoms with E-state index in [1.165, 1.54) is 5.56 Å². The zero-order valence-corrected chi connectivity index (χ0v) is 14.9. The number of hydrogen-bond acceptors (Lipinski definition) is 4. The van der Waals surface area contributed by atoms with Crippen LogP contribution in [0, 0.1) is 0 Å². The van der Waals surface area contributed by atoms with Crippen LogP contribution >= 0.6 is 0 Å². The largest absolute Gasteiger partial charge is 0.387 e. The predicted octanol–water partition coefficient (Wildman–Crippen LogP) is 2.53. The lowest BCUT2D eigenvalue weighted by Crippen LogP contribution is -2.41. The highest BCUT2D eigenvalue weighted by molar-refractivity contribution is 5.76. The van der Waals surface area contributed by atoms with Gasteiger partial charge in [0.25, 0.3) is 0 Å². The van der Waals surface area contributed by atoms with Gasteiger partial charge in [0.15, 0.2) is 0 Å². The molecule has 0 amide bonds. The second kappa shape index (κ2) is 7.99. The minimum absolute atomic E-state index is 0.499. The lowest BCUT2D eigenvalue weighted by atomic mass is 10.0. The summed E-state index contributed by atoms with van der Waals surface area (Å²) in [5, 5.41) is 17.4. The molecular formula is C21H26N4O. The van der Waals surface area contributed by atoms with Crippen LogP contribution in [-0.4, -0.2) is 40.8 Å². The van der Waals surface area contributed by atoms with Crippen LogP contribution in [0.4, 0.5) is 0 Å². The van der Waals surface area contributed by atoms with Gasteiger partial charge >= 0.3 is 0 Å². The number of nitrogens with one attached hydrogen (secondary N) is 3. The van der Waals surface area contributed by atoms with Crippen molar-refractivity contribution < 1.29 is 5.11 Å². The topological polar surface area (TPSA) is 73.0 Å². The quantitative estimate of drug-likeness (QED) is 0.551. The smallest absolute Gasteiger partial charge is 0.111 e. The van der Waals surface area contributed by atoms with Crippen molar-refractivity contribution in [1.82, 2.24) is 20.6 Å². The first-order valence-electron chi connectivity index (χ1n) is 9.42. The molecule has 5 nitrogen and oxygen atoms in total. The maximum absolute atomic E-state index is 10.5. The van der Waals surface area contributed by atoms with Gasteiger partial charge in [-0.25, -0.2) is 4.98 Å². The van der Waals surface area contributed by atoms with Crippen molar-refractivity contribution >= 4 is 11.0 Å². The van der Waals surface area contributed by atoms with E-state index in [2.05, 4.69) is 32.7 Å². The van der Waals surface area contributed by atoms with Crippen molar-refractivity contribution in [2.24, 2.45) is 0 Å². The van der Waals surface area contributed by atoms with Crippen LogP contribution in [0.1, 0.15) is 35.9 Å². The molecule has 0 aliphatic carbocycles. The summed E-state index contributed by atoms with van der Waals surface area (Å²) < 4.78 is 0. The van der Waals surface area contributed by atoms with E-state index in [0.29, 0.717) is 12.6 Å². The van der Waals surface area contributed by atoms with Crippen LogP contribution in [0.2, 0.25) is 0 Å². The summed E-state index contributed by atoms with van der Waals surface area (Å²) in [5.41, 5.74) is 4.08. The van der Waals surface area contributed by atoms with Crippen molar-refractivity contribution in [3.63, 3.8) is 0 Å². The summed E-state index contributed by atoms with van der Waals surface area (Å²) in [6.07, 6.45) is 2.52. The molecule has 1 aliphatic rings. The van der Waals surface area contributed by atoms with E-state index in [1.807, 2.05) is 36.4 Å². The van der Waals surface area contributed by atoms with Gasteiger partial charge in [0, 0.05) is 19.0 Å². The molecule has 4 rings (SSSR count). The molecule has 1 unspecified atom stereocenters. The Labute approximate surface area is 153 Å². The summed E-state index contributed by atoms with van der Waals surface area (Å²) in [6.45, 7) is 2.69. The highest BCUT2D eigenvalue weighted by Crippen LogP contribution is 2.20. The molecule has 1 fully saturated rings. The number of benzene rings is 2. The Bertz CT molecular complexity index is 840. The fourth-order valence-corrected chi connectivity index (χ4v) is 3.58. The minimum atomic E-state index is -0.504. The second-order valence-corrected chi connectivity index (χ2v) is 7.07. The van der Waals surface area contributed by atoms with E-state index >= 15 is 0 Å². The number of aliphatic hydroxyl groups excluding tert-OH is 1. The molecule has 1 aromatic heterocycles. The average Bonchev–Trinajstić information content (AvgIpc) is 3.09. The molecule has 0 radical (unpaired) electrons. The lowest BCUT2D eigenvalue weighted by molar-refractivity contribution is 0.166. The number of fused-ring (bicyclic) bond motifs is 1. The summed E-state index contributed by atoms with van der Waals surface area (Å²) >= 11 is 0. The lowest BCUT2D eigenvalue weighted by Gasteiger charge is -2.25. The number of imidazole rings is 1. The first-order valence-corrected chi connectivity index (χ1v) is 9.42. The van der Waals surface area contributed by atoms with Crippen LogP contribution in [0.25, 0.3) is 11.0 Å². The van der Waals surface area contributed by atoms with E-state index in [-0.39, 0.29) is 0 Å². The predicted molar refractivity (Wildman–Crippen MR) is 104 cm³/mol. The zero-order chi connectivity index (χ0) is 17.8. The molecule has 2 heterocycles. The number of aliphatic hydroxyl groups is 1. The first-order chi connectivity index (χ1) is 12.8.